The maximum atomic E-state index is 12.4. The van der Waals surface area contributed by atoms with Crippen molar-refractivity contribution in [3.63, 3.8) is 0 Å². The normalized spacial score (nSPS) is 11.5. The Morgan fingerprint density at radius 3 is 2.58 bits per heavy atom. The molecule has 0 fully saturated rings. The lowest BCUT2D eigenvalue weighted by molar-refractivity contribution is -0.387. The predicted octanol–water partition coefficient (Wildman–Crippen LogP) is 0.730. The minimum atomic E-state index is -3.96. The molecule has 0 aromatic heterocycles. The lowest BCUT2D eigenvalue weighted by Crippen LogP contribution is -2.35. The lowest BCUT2D eigenvalue weighted by atomic mass is 10.3. The van der Waals surface area contributed by atoms with Crippen LogP contribution < -0.4 is 5.73 Å². The molecule has 1 aromatic rings. The molecule has 0 saturated carbocycles. The van der Waals surface area contributed by atoms with Gasteiger partial charge in [-0.2, -0.15) is 4.31 Å². The zero-order valence-electron chi connectivity index (χ0n) is 10.2. The molecule has 2 N–H and O–H groups in total. The summed E-state index contributed by atoms with van der Waals surface area (Å²) in [5.74, 6) is 0. The Bertz CT molecular complexity index is 571. The summed E-state index contributed by atoms with van der Waals surface area (Å²) in [5, 5.41) is 10.9. The summed E-state index contributed by atoms with van der Waals surface area (Å²) in [6.45, 7) is 3.70. The molecule has 0 heterocycles. The molecular weight excluding hydrogens is 270 g/mol. The fourth-order valence-corrected chi connectivity index (χ4v) is 3.15. The Balaban J connectivity index is 3.32. The SMILES string of the molecule is C=CCN(CCN)S(=O)(=O)c1ccccc1[N+](=O)[O-]. The van der Waals surface area contributed by atoms with Crippen molar-refractivity contribution in [3.8, 4) is 0 Å². The van der Waals surface area contributed by atoms with Crippen molar-refractivity contribution in [2.45, 2.75) is 4.90 Å². The molecule has 19 heavy (non-hydrogen) atoms. The lowest BCUT2D eigenvalue weighted by Gasteiger charge is -2.19. The smallest absolute Gasteiger partial charge is 0.289 e. The van der Waals surface area contributed by atoms with Crippen molar-refractivity contribution in [2.24, 2.45) is 5.73 Å². The first-order valence-electron chi connectivity index (χ1n) is 5.49. The summed E-state index contributed by atoms with van der Waals surface area (Å²) in [5.41, 5.74) is 4.91. The molecule has 0 aliphatic rings. The molecule has 0 unspecified atom stereocenters. The summed E-state index contributed by atoms with van der Waals surface area (Å²) in [6, 6.07) is 5.22. The molecule has 0 aliphatic heterocycles. The van der Waals surface area contributed by atoms with Crippen LogP contribution in [0.2, 0.25) is 0 Å². The summed E-state index contributed by atoms with van der Waals surface area (Å²) >= 11 is 0. The summed E-state index contributed by atoms with van der Waals surface area (Å²) < 4.78 is 25.8. The molecule has 1 aromatic carbocycles. The van der Waals surface area contributed by atoms with Gasteiger partial charge in [-0.15, -0.1) is 6.58 Å². The molecule has 0 spiro atoms. The van der Waals surface area contributed by atoms with Gasteiger partial charge in [-0.05, 0) is 6.07 Å². The van der Waals surface area contributed by atoms with Crippen LogP contribution in [0.15, 0.2) is 41.8 Å². The number of benzene rings is 1. The van der Waals surface area contributed by atoms with Crippen LogP contribution in [0.5, 0.6) is 0 Å². The standard InChI is InChI=1S/C11H15N3O4S/c1-2-8-13(9-7-12)19(17,18)11-6-4-3-5-10(11)14(15)16/h2-6H,1,7-9,12H2. The average Bonchev–Trinajstić information content (AvgIpc) is 2.38. The second kappa shape index (κ2) is 6.41. The fraction of sp³-hybridized carbons (Fsp3) is 0.273. The van der Waals surface area contributed by atoms with Gasteiger partial charge in [0.1, 0.15) is 0 Å². The highest BCUT2D eigenvalue weighted by molar-refractivity contribution is 7.89. The van der Waals surface area contributed by atoms with Crippen LogP contribution in [0.3, 0.4) is 0 Å². The zero-order chi connectivity index (χ0) is 14.5. The number of hydrogen-bond donors (Lipinski definition) is 1. The van der Waals surface area contributed by atoms with Crippen LogP contribution in [-0.4, -0.2) is 37.3 Å². The molecule has 0 aliphatic carbocycles. The van der Waals surface area contributed by atoms with Crippen LogP contribution in [-0.2, 0) is 10.0 Å². The minimum absolute atomic E-state index is 0.0472. The number of sulfonamides is 1. The minimum Gasteiger partial charge on any atom is -0.329 e. The van der Waals surface area contributed by atoms with Gasteiger partial charge in [0.05, 0.1) is 4.92 Å². The van der Waals surface area contributed by atoms with Crippen molar-refractivity contribution >= 4 is 15.7 Å². The molecule has 0 saturated heterocycles. The molecule has 7 nitrogen and oxygen atoms in total. The van der Waals surface area contributed by atoms with Crippen LogP contribution in [0.1, 0.15) is 0 Å². The summed E-state index contributed by atoms with van der Waals surface area (Å²) in [4.78, 5) is 9.83. The van der Waals surface area contributed by atoms with Gasteiger partial charge < -0.3 is 5.73 Å². The highest BCUT2D eigenvalue weighted by Crippen LogP contribution is 2.25. The Labute approximate surface area is 111 Å². The second-order valence-corrected chi connectivity index (χ2v) is 5.57. The van der Waals surface area contributed by atoms with E-state index in [0.29, 0.717) is 0 Å². The number of nitrogens with two attached hydrogens (primary N) is 1. The molecule has 0 amide bonds. The van der Waals surface area contributed by atoms with E-state index in [1.807, 2.05) is 0 Å². The van der Waals surface area contributed by atoms with Crippen LogP contribution >= 0.6 is 0 Å². The van der Waals surface area contributed by atoms with Gasteiger partial charge in [-0.1, -0.05) is 18.2 Å². The van der Waals surface area contributed by atoms with Crippen LogP contribution in [0, 0.1) is 10.1 Å². The molecule has 1 rings (SSSR count). The third-order valence-electron chi connectivity index (χ3n) is 2.39. The third-order valence-corrected chi connectivity index (χ3v) is 4.30. The first kappa shape index (κ1) is 15.3. The molecule has 0 radical (unpaired) electrons. The number of nitro benzene ring substituents is 1. The van der Waals surface area contributed by atoms with Gasteiger partial charge in [0.25, 0.3) is 5.69 Å². The van der Waals surface area contributed by atoms with E-state index in [4.69, 9.17) is 5.73 Å². The number of nitrogens with zero attached hydrogens (tertiary/aromatic N) is 2. The Hall–Kier alpha value is -1.77. The van der Waals surface area contributed by atoms with Gasteiger partial charge in [-0.3, -0.25) is 10.1 Å². The predicted molar refractivity (Wildman–Crippen MR) is 71.1 cm³/mol. The van der Waals surface area contributed by atoms with Crippen molar-refractivity contribution in [1.82, 2.24) is 4.31 Å². The Morgan fingerprint density at radius 1 is 1.42 bits per heavy atom. The van der Waals surface area contributed by atoms with E-state index in [1.165, 1.54) is 24.3 Å². The first-order valence-corrected chi connectivity index (χ1v) is 6.93. The second-order valence-electron chi connectivity index (χ2n) is 3.67. The number of para-hydroxylation sites is 1. The number of rotatable bonds is 7. The molecule has 0 atom stereocenters. The van der Waals surface area contributed by atoms with E-state index >= 15 is 0 Å². The summed E-state index contributed by atoms with van der Waals surface area (Å²) in [7, 11) is -3.96. The molecule has 8 heteroatoms. The van der Waals surface area contributed by atoms with Gasteiger partial charge >= 0.3 is 0 Å². The number of nitro groups is 1. The van der Waals surface area contributed by atoms with Crippen LogP contribution in [0.25, 0.3) is 0 Å². The quantitative estimate of drug-likeness (QED) is 0.451. The Morgan fingerprint density at radius 2 is 2.05 bits per heavy atom. The van der Waals surface area contributed by atoms with Gasteiger partial charge in [0.15, 0.2) is 4.90 Å². The van der Waals surface area contributed by atoms with E-state index in [9.17, 15) is 18.5 Å². The van der Waals surface area contributed by atoms with Crippen molar-refractivity contribution in [3.05, 3.63) is 47.0 Å². The van der Waals surface area contributed by atoms with E-state index in [1.54, 1.807) is 0 Å². The highest BCUT2D eigenvalue weighted by atomic mass is 32.2. The maximum absolute atomic E-state index is 12.4. The van der Waals surface area contributed by atoms with Crippen molar-refractivity contribution in [2.75, 3.05) is 19.6 Å². The van der Waals surface area contributed by atoms with Crippen LogP contribution in [0.4, 0.5) is 5.69 Å². The third kappa shape index (κ3) is 3.37. The van der Waals surface area contributed by atoms with E-state index in [-0.39, 0.29) is 24.5 Å². The first-order chi connectivity index (χ1) is 8.95. The highest BCUT2D eigenvalue weighted by Gasteiger charge is 2.30. The average molecular weight is 285 g/mol. The molecule has 104 valence electrons. The zero-order valence-corrected chi connectivity index (χ0v) is 11.0. The summed E-state index contributed by atoms with van der Waals surface area (Å²) in [6.07, 6.45) is 1.40. The fourth-order valence-electron chi connectivity index (χ4n) is 1.56. The van der Waals surface area contributed by atoms with E-state index in [2.05, 4.69) is 6.58 Å². The van der Waals surface area contributed by atoms with Crippen molar-refractivity contribution < 1.29 is 13.3 Å². The molecule has 0 bridgehead atoms. The topological polar surface area (TPSA) is 107 Å². The van der Waals surface area contributed by atoms with Gasteiger partial charge in [0, 0.05) is 25.7 Å². The largest absolute Gasteiger partial charge is 0.329 e. The van der Waals surface area contributed by atoms with E-state index < -0.39 is 20.6 Å². The number of hydrogen-bond acceptors (Lipinski definition) is 5. The Kier molecular flexibility index (Phi) is 5.16. The maximum Gasteiger partial charge on any atom is 0.289 e. The molecular formula is C11H15N3O4S. The van der Waals surface area contributed by atoms with Gasteiger partial charge in [-0.25, -0.2) is 8.42 Å². The van der Waals surface area contributed by atoms with Crippen molar-refractivity contribution in [1.29, 1.82) is 0 Å². The van der Waals surface area contributed by atoms with Gasteiger partial charge in [0.2, 0.25) is 10.0 Å². The monoisotopic (exact) mass is 285 g/mol. The van der Waals surface area contributed by atoms with E-state index in [0.717, 1.165) is 10.4 Å².